The molecule has 0 aliphatic heterocycles. The van der Waals surface area contributed by atoms with Crippen molar-refractivity contribution in [3.63, 3.8) is 0 Å². The van der Waals surface area contributed by atoms with Crippen LogP contribution in [0.4, 0.5) is 0 Å². The minimum atomic E-state index is 0.305. The van der Waals surface area contributed by atoms with Gasteiger partial charge in [-0.2, -0.15) is 0 Å². The molecule has 0 heterocycles. The van der Waals surface area contributed by atoms with Gasteiger partial charge in [-0.15, -0.1) is 0 Å². The number of nitrogens with two attached hydrogens (primary N) is 1. The Kier molecular flexibility index (Phi) is 4.00. The molecule has 2 nitrogen and oxygen atoms in total. The second kappa shape index (κ2) is 5.69. The first-order valence-corrected chi connectivity index (χ1v) is 6.24. The van der Waals surface area contributed by atoms with E-state index in [0.717, 1.165) is 6.42 Å². The molecular weight excluding hydrogens is 222 g/mol. The molecule has 2 aromatic carbocycles. The van der Waals surface area contributed by atoms with Crippen molar-refractivity contribution >= 4 is 0 Å². The monoisotopic (exact) mass is 241 g/mol. The van der Waals surface area contributed by atoms with Crippen molar-refractivity contribution in [2.24, 2.45) is 5.73 Å². The van der Waals surface area contributed by atoms with Crippen molar-refractivity contribution in [1.29, 1.82) is 0 Å². The Bertz CT molecular complexity index is 505. The van der Waals surface area contributed by atoms with Gasteiger partial charge in [0.1, 0.15) is 5.75 Å². The van der Waals surface area contributed by atoms with Crippen molar-refractivity contribution in [2.75, 3.05) is 6.54 Å². The summed E-state index contributed by atoms with van der Waals surface area (Å²) < 4.78 is 0. The van der Waals surface area contributed by atoms with Crippen molar-refractivity contribution in [3.05, 3.63) is 65.2 Å². The van der Waals surface area contributed by atoms with Gasteiger partial charge in [-0.25, -0.2) is 0 Å². The second-order valence-corrected chi connectivity index (χ2v) is 4.66. The van der Waals surface area contributed by atoms with Gasteiger partial charge in [0.05, 0.1) is 0 Å². The zero-order chi connectivity index (χ0) is 13.0. The fourth-order valence-corrected chi connectivity index (χ4v) is 2.28. The standard InChI is InChI=1S/C16H19NO/c1-12-4-2-3-5-16(12)14(11-17)10-13-6-8-15(18)9-7-13/h2-9,14,18H,10-11,17H2,1H3. The average molecular weight is 241 g/mol. The van der Waals surface area contributed by atoms with E-state index in [-0.39, 0.29) is 0 Å². The van der Waals surface area contributed by atoms with E-state index in [4.69, 9.17) is 5.73 Å². The Hall–Kier alpha value is -1.80. The number of phenols is 1. The maximum Gasteiger partial charge on any atom is 0.115 e. The van der Waals surface area contributed by atoms with Crippen LogP contribution >= 0.6 is 0 Å². The Labute approximate surface area is 108 Å². The van der Waals surface area contributed by atoms with E-state index < -0.39 is 0 Å². The van der Waals surface area contributed by atoms with Crippen LogP contribution in [0.2, 0.25) is 0 Å². The molecule has 0 radical (unpaired) electrons. The molecule has 2 heteroatoms. The van der Waals surface area contributed by atoms with Crippen LogP contribution in [-0.4, -0.2) is 11.7 Å². The van der Waals surface area contributed by atoms with Gasteiger partial charge in [0.15, 0.2) is 0 Å². The van der Waals surface area contributed by atoms with Crippen LogP contribution in [0.5, 0.6) is 5.75 Å². The van der Waals surface area contributed by atoms with Crippen molar-refractivity contribution in [2.45, 2.75) is 19.3 Å². The average Bonchev–Trinajstić information content (AvgIpc) is 2.39. The Morgan fingerprint density at radius 3 is 2.33 bits per heavy atom. The predicted molar refractivity (Wildman–Crippen MR) is 74.8 cm³/mol. The lowest BCUT2D eigenvalue weighted by molar-refractivity contribution is 0.475. The third-order valence-corrected chi connectivity index (χ3v) is 3.33. The summed E-state index contributed by atoms with van der Waals surface area (Å²) in [7, 11) is 0. The molecule has 0 spiro atoms. The van der Waals surface area contributed by atoms with Gasteiger partial charge >= 0.3 is 0 Å². The molecular formula is C16H19NO. The summed E-state index contributed by atoms with van der Waals surface area (Å²) in [5, 5.41) is 9.28. The van der Waals surface area contributed by atoms with E-state index >= 15 is 0 Å². The number of hydrogen-bond acceptors (Lipinski definition) is 2. The smallest absolute Gasteiger partial charge is 0.115 e. The first-order valence-electron chi connectivity index (χ1n) is 6.24. The summed E-state index contributed by atoms with van der Waals surface area (Å²) >= 11 is 0. The highest BCUT2D eigenvalue weighted by Gasteiger charge is 2.12. The van der Waals surface area contributed by atoms with Gasteiger partial charge in [-0.1, -0.05) is 36.4 Å². The molecule has 0 saturated heterocycles. The predicted octanol–water partition coefficient (Wildman–Crippen LogP) is 2.99. The topological polar surface area (TPSA) is 46.2 Å². The molecule has 0 aromatic heterocycles. The lowest BCUT2D eigenvalue weighted by Crippen LogP contribution is -2.16. The van der Waals surface area contributed by atoms with Crippen LogP contribution in [0.25, 0.3) is 0 Å². The molecule has 2 aromatic rings. The summed E-state index contributed by atoms with van der Waals surface area (Å²) in [4.78, 5) is 0. The zero-order valence-corrected chi connectivity index (χ0v) is 10.6. The number of benzene rings is 2. The zero-order valence-electron chi connectivity index (χ0n) is 10.6. The third kappa shape index (κ3) is 2.90. The quantitative estimate of drug-likeness (QED) is 0.864. The molecule has 0 saturated carbocycles. The summed E-state index contributed by atoms with van der Waals surface area (Å²) in [5.41, 5.74) is 9.70. The first-order chi connectivity index (χ1) is 8.70. The third-order valence-electron chi connectivity index (χ3n) is 3.33. The van der Waals surface area contributed by atoms with E-state index in [1.807, 2.05) is 18.2 Å². The summed E-state index contributed by atoms with van der Waals surface area (Å²) in [6.45, 7) is 2.75. The van der Waals surface area contributed by atoms with Crippen LogP contribution in [-0.2, 0) is 6.42 Å². The lowest BCUT2D eigenvalue weighted by atomic mass is 9.89. The number of phenolic OH excluding ortho intramolecular Hbond substituents is 1. The van der Waals surface area contributed by atoms with E-state index in [2.05, 4.69) is 25.1 Å². The van der Waals surface area contributed by atoms with Gasteiger partial charge in [0.2, 0.25) is 0 Å². The van der Waals surface area contributed by atoms with Crippen molar-refractivity contribution in [3.8, 4) is 5.75 Å². The molecule has 0 bridgehead atoms. The van der Waals surface area contributed by atoms with Gasteiger partial charge in [0, 0.05) is 5.92 Å². The van der Waals surface area contributed by atoms with Crippen molar-refractivity contribution < 1.29 is 5.11 Å². The molecule has 3 N–H and O–H groups in total. The largest absolute Gasteiger partial charge is 0.508 e. The van der Waals surface area contributed by atoms with Crippen molar-refractivity contribution in [1.82, 2.24) is 0 Å². The summed E-state index contributed by atoms with van der Waals surface area (Å²) in [6, 6.07) is 15.7. The fourth-order valence-electron chi connectivity index (χ4n) is 2.28. The molecule has 0 aliphatic rings. The number of hydrogen-bond donors (Lipinski definition) is 2. The molecule has 18 heavy (non-hydrogen) atoms. The molecule has 0 fully saturated rings. The minimum absolute atomic E-state index is 0.305. The molecule has 94 valence electrons. The highest BCUT2D eigenvalue weighted by atomic mass is 16.3. The van der Waals surface area contributed by atoms with Crippen LogP contribution in [0, 0.1) is 6.92 Å². The Morgan fingerprint density at radius 2 is 1.72 bits per heavy atom. The van der Waals surface area contributed by atoms with Crippen LogP contribution in [0.15, 0.2) is 48.5 Å². The molecule has 1 unspecified atom stereocenters. The SMILES string of the molecule is Cc1ccccc1C(CN)Cc1ccc(O)cc1. The maximum atomic E-state index is 9.28. The second-order valence-electron chi connectivity index (χ2n) is 4.66. The van der Waals surface area contributed by atoms with Crippen LogP contribution in [0.3, 0.4) is 0 Å². The first kappa shape index (κ1) is 12.7. The number of rotatable bonds is 4. The maximum absolute atomic E-state index is 9.28. The molecule has 1 atom stereocenters. The summed E-state index contributed by atoms with van der Waals surface area (Å²) in [5.74, 6) is 0.634. The van der Waals surface area contributed by atoms with E-state index in [1.165, 1.54) is 16.7 Å². The molecule has 0 aliphatic carbocycles. The summed E-state index contributed by atoms with van der Waals surface area (Å²) in [6.07, 6.45) is 0.904. The Balaban J connectivity index is 2.20. The fraction of sp³-hybridized carbons (Fsp3) is 0.250. The van der Waals surface area contributed by atoms with E-state index in [9.17, 15) is 5.11 Å². The van der Waals surface area contributed by atoms with Crippen LogP contribution in [0.1, 0.15) is 22.6 Å². The number of aryl methyl sites for hydroxylation is 1. The Morgan fingerprint density at radius 1 is 1.06 bits per heavy atom. The van der Waals surface area contributed by atoms with Gasteiger partial charge < -0.3 is 10.8 Å². The van der Waals surface area contributed by atoms with Gasteiger partial charge in [-0.3, -0.25) is 0 Å². The normalized spacial score (nSPS) is 12.3. The minimum Gasteiger partial charge on any atom is -0.508 e. The highest BCUT2D eigenvalue weighted by Crippen LogP contribution is 2.23. The van der Waals surface area contributed by atoms with E-state index in [0.29, 0.717) is 18.2 Å². The number of aromatic hydroxyl groups is 1. The molecule has 2 rings (SSSR count). The van der Waals surface area contributed by atoms with Crippen LogP contribution < -0.4 is 5.73 Å². The molecule has 0 amide bonds. The van der Waals surface area contributed by atoms with Gasteiger partial charge in [0.25, 0.3) is 0 Å². The van der Waals surface area contributed by atoms with E-state index in [1.54, 1.807) is 12.1 Å². The van der Waals surface area contributed by atoms with Gasteiger partial charge in [-0.05, 0) is 48.7 Å². The highest BCUT2D eigenvalue weighted by molar-refractivity contribution is 5.32. The lowest BCUT2D eigenvalue weighted by Gasteiger charge is -2.17.